The van der Waals surface area contributed by atoms with Crippen LogP contribution in [0.5, 0.6) is 0 Å². The first-order valence-corrected chi connectivity index (χ1v) is 10.0. The molecule has 1 aliphatic heterocycles. The van der Waals surface area contributed by atoms with E-state index in [1.54, 1.807) is 17.3 Å². The molecule has 9 heteroatoms. The number of piperazine rings is 1. The van der Waals surface area contributed by atoms with Crippen LogP contribution in [-0.2, 0) is 6.54 Å². The van der Waals surface area contributed by atoms with Gasteiger partial charge >= 0.3 is 6.03 Å². The number of hydrogen-bond acceptors (Lipinski definition) is 6. The van der Waals surface area contributed by atoms with Crippen LogP contribution < -0.4 is 0 Å². The Kier molecular flexibility index (Phi) is 5.87. The summed E-state index contributed by atoms with van der Waals surface area (Å²) in [7, 11) is 0. The van der Waals surface area contributed by atoms with Crippen molar-refractivity contribution in [2.75, 3.05) is 26.2 Å². The van der Waals surface area contributed by atoms with Crippen LogP contribution in [0.25, 0.3) is 11.1 Å². The van der Waals surface area contributed by atoms with E-state index in [1.807, 2.05) is 12.1 Å². The minimum absolute atomic E-state index is 0.118. The standard InChI is InChI=1S/C21H21ClN6O2/c1-15(29)20-19(22)13-28(25-20)21(30)27-7-5-26(6-8-27)12-16-3-2-4-17(9-16)18-10-23-14-24-11-18/h2-4,9-11,13-14H,5-8,12H2,1H3. The normalized spacial score (nSPS) is 14.7. The largest absolute Gasteiger partial charge is 0.344 e. The Morgan fingerprint density at radius 2 is 1.80 bits per heavy atom. The highest BCUT2D eigenvalue weighted by Gasteiger charge is 2.24. The van der Waals surface area contributed by atoms with Gasteiger partial charge in [-0.15, -0.1) is 0 Å². The van der Waals surface area contributed by atoms with Crippen LogP contribution >= 0.6 is 11.6 Å². The molecule has 0 bridgehead atoms. The van der Waals surface area contributed by atoms with Crippen molar-refractivity contribution in [1.29, 1.82) is 0 Å². The predicted octanol–water partition coefficient (Wildman–Crippen LogP) is 2.98. The fourth-order valence-electron chi connectivity index (χ4n) is 3.49. The molecule has 3 aromatic rings. The van der Waals surface area contributed by atoms with Gasteiger partial charge in [-0.3, -0.25) is 9.69 Å². The maximum absolute atomic E-state index is 12.7. The number of hydrogen-bond donors (Lipinski definition) is 0. The highest BCUT2D eigenvalue weighted by molar-refractivity contribution is 6.33. The fourth-order valence-corrected chi connectivity index (χ4v) is 3.75. The summed E-state index contributed by atoms with van der Waals surface area (Å²) in [5, 5.41) is 4.22. The molecule has 4 rings (SSSR count). The van der Waals surface area contributed by atoms with Gasteiger partial charge in [-0.1, -0.05) is 29.8 Å². The molecule has 0 spiro atoms. The van der Waals surface area contributed by atoms with Gasteiger partial charge in [0.15, 0.2) is 5.78 Å². The second kappa shape index (κ2) is 8.73. The van der Waals surface area contributed by atoms with Crippen LogP contribution in [0, 0.1) is 0 Å². The van der Waals surface area contributed by atoms with Crippen LogP contribution in [0.4, 0.5) is 4.79 Å². The fraction of sp³-hybridized carbons (Fsp3) is 0.286. The molecular formula is C21H21ClN6O2. The number of rotatable bonds is 4. The lowest BCUT2D eigenvalue weighted by Gasteiger charge is -2.34. The first-order chi connectivity index (χ1) is 14.5. The molecule has 154 valence electrons. The summed E-state index contributed by atoms with van der Waals surface area (Å²) in [5.74, 6) is -0.263. The summed E-state index contributed by atoms with van der Waals surface area (Å²) in [6.45, 7) is 4.83. The quantitative estimate of drug-likeness (QED) is 0.598. The van der Waals surface area contributed by atoms with E-state index < -0.39 is 0 Å². The first-order valence-electron chi connectivity index (χ1n) is 9.63. The molecule has 1 aromatic carbocycles. The van der Waals surface area contributed by atoms with Crippen LogP contribution in [0.15, 0.2) is 49.2 Å². The molecule has 1 fully saturated rings. The molecular weight excluding hydrogens is 404 g/mol. The molecule has 0 atom stereocenters. The van der Waals surface area contributed by atoms with Crippen molar-refractivity contribution in [3.05, 3.63) is 65.5 Å². The van der Waals surface area contributed by atoms with Crippen molar-refractivity contribution >= 4 is 23.4 Å². The van der Waals surface area contributed by atoms with Gasteiger partial charge in [0.2, 0.25) is 0 Å². The van der Waals surface area contributed by atoms with Gasteiger partial charge in [-0.25, -0.2) is 14.8 Å². The van der Waals surface area contributed by atoms with Crippen molar-refractivity contribution in [1.82, 2.24) is 29.5 Å². The van der Waals surface area contributed by atoms with Gasteiger partial charge in [0.05, 0.1) is 11.2 Å². The zero-order chi connectivity index (χ0) is 21.1. The zero-order valence-electron chi connectivity index (χ0n) is 16.5. The topological polar surface area (TPSA) is 84.2 Å². The second-order valence-electron chi connectivity index (χ2n) is 7.20. The molecule has 2 aromatic heterocycles. The maximum Gasteiger partial charge on any atom is 0.344 e. The Hall–Kier alpha value is -3.10. The van der Waals surface area contributed by atoms with Crippen molar-refractivity contribution in [3.8, 4) is 11.1 Å². The number of benzene rings is 1. The lowest BCUT2D eigenvalue weighted by molar-refractivity contribution is 0.101. The highest BCUT2D eigenvalue weighted by Crippen LogP contribution is 2.20. The van der Waals surface area contributed by atoms with Gasteiger partial charge < -0.3 is 4.90 Å². The third kappa shape index (κ3) is 4.39. The van der Waals surface area contributed by atoms with Gasteiger partial charge in [0.1, 0.15) is 12.0 Å². The average Bonchev–Trinajstić information content (AvgIpc) is 3.16. The van der Waals surface area contributed by atoms with Crippen LogP contribution in [-0.4, -0.2) is 67.5 Å². The number of Topliss-reactive ketones (excluding diaryl/α,β-unsaturated/α-hetero) is 1. The Bertz CT molecular complexity index is 1060. The maximum atomic E-state index is 12.7. The van der Waals surface area contributed by atoms with Crippen LogP contribution in [0.1, 0.15) is 23.0 Å². The van der Waals surface area contributed by atoms with Gasteiger partial charge in [0, 0.05) is 57.6 Å². The average molecular weight is 425 g/mol. The molecule has 0 N–H and O–H groups in total. The van der Waals surface area contributed by atoms with Gasteiger partial charge in [-0.2, -0.15) is 9.78 Å². The highest BCUT2D eigenvalue weighted by atomic mass is 35.5. The number of carbonyl (C=O) groups is 2. The SMILES string of the molecule is CC(=O)c1nn(C(=O)N2CCN(Cc3cccc(-c4cncnc4)c3)CC2)cc1Cl. The summed E-state index contributed by atoms with van der Waals surface area (Å²) >= 11 is 6.00. The molecule has 8 nitrogen and oxygen atoms in total. The zero-order valence-corrected chi connectivity index (χ0v) is 17.3. The monoisotopic (exact) mass is 424 g/mol. The van der Waals surface area contributed by atoms with Crippen LogP contribution in [0.3, 0.4) is 0 Å². The van der Waals surface area contributed by atoms with E-state index in [9.17, 15) is 9.59 Å². The smallest absolute Gasteiger partial charge is 0.320 e. The molecule has 1 saturated heterocycles. The molecule has 0 aliphatic carbocycles. The van der Waals surface area contributed by atoms with E-state index in [0.717, 1.165) is 35.4 Å². The van der Waals surface area contributed by atoms with E-state index in [-0.39, 0.29) is 22.5 Å². The molecule has 0 saturated carbocycles. The van der Waals surface area contributed by atoms with Crippen LogP contribution in [0.2, 0.25) is 5.02 Å². The summed E-state index contributed by atoms with van der Waals surface area (Å²) in [4.78, 5) is 36.4. The van der Waals surface area contributed by atoms with E-state index >= 15 is 0 Å². The summed E-state index contributed by atoms with van der Waals surface area (Å²) in [5.41, 5.74) is 3.38. The number of carbonyl (C=O) groups excluding carboxylic acids is 2. The number of nitrogens with zero attached hydrogens (tertiary/aromatic N) is 6. The van der Waals surface area contributed by atoms with E-state index in [4.69, 9.17) is 11.6 Å². The van der Waals surface area contributed by atoms with Gasteiger partial charge in [-0.05, 0) is 17.2 Å². The van der Waals surface area contributed by atoms with Crippen molar-refractivity contribution < 1.29 is 9.59 Å². The lowest BCUT2D eigenvalue weighted by atomic mass is 10.1. The molecule has 3 heterocycles. The first kappa shape index (κ1) is 20.2. The number of aromatic nitrogens is 4. The molecule has 1 aliphatic rings. The van der Waals surface area contributed by atoms with Crippen molar-refractivity contribution in [2.45, 2.75) is 13.5 Å². The number of ketones is 1. The van der Waals surface area contributed by atoms with Gasteiger partial charge in [0.25, 0.3) is 0 Å². The second-order valence-corrected chi connectivity index (χ2v) is 7.61. The van der Waals surface area contributed by atoms with Crippen molar-refractivity contribution in [2.24, 2.45) is 0 Å². The Labute approximate surface area is 179 Å². The number of halogens is 1. The summed E-state index contributed by atoms with van der Waals surface area (Å²) in [6.07, 6.45) is 6.52. The lowest BCUT2D eigenvalue weighted by Crippen LogP contribution is -2.49. The van der Waals surface area contributed by atoms with E-state index in [0.29, 0.717) is 13.1 Å². The third-order valence-corrected chi connectivity index (χ3v) is 5.35. The Balaban J connectivity index is 1.37. The number of amides is 1. The summed E-state index contributed by atoms with van der Waals surface area (Å²) in [6, 6.07) is 8.05. The Morgan fingerprint density at radius 3 is 2.47 bits per heavy atom. The molecule has 30 heavy (non-hydrogen) atoms. The minimum Gasteiger partial charge on any atom is -0.320 e. The van der Waals surface area contributed by atoms with E-state index in [1.165, 1.54) is 25.0 Å². The molecule has 1 amide bonds. The predicted molar refractivity (Wildman–Crippen MR) is 112 cm³/mol. The molecule has 0 unspecified atom stereocenters. The third-order valence-electron chi connectivity index (χ3n) is 5.07. The Morgan fingerprint density at radius 1 is 1.07 bits per heavy atom. The van der Waals surface area contributed by atoms with E-state index in [2.05, 4.69) is 32.1 Å². The summed E-state index contributed by atoms with van der Waals surface area (Å²) < 4.78 is 1.15. The van der Waals surface area contributed by atoms with Crippen molar-refractivity contribution in [3.63, 3.8) is 0 Å². The minimum atomic E-state index is -0.268. The molecule has 0 radical (unpaired) electrons.